The Balaban J connectivity index is 2.26. The van der Waals surface area contributed by atoms with Crippen LogP contribution in [0.1, 0.15) is 36.0 Å². The van der Waals surface area contributed by atoms with Gasteiger partial charge in [0.1, 0.15) is 6.54 Å². The van der Waals surface area contributed by atoms with Gasteiger partial charge >= 0.3 is 5.97 Å². The number of methoxy groups -OCH3 is 1. The molecule has 1 amide bonds. The first-order valence-corrected chi connectivity index (χ1v) is 6.89. The van der Waals surface area contributed by atoms with Crippen LogP contribution >= 0.6 is 0 Å². The van der Waals surface area contributed by atoms with E-state index in [2.05, 4.69) is 0 Å². The van der Waals surface area contributed by atoms with Crippen LogP contribution in [0, 0.1) is 5.82 Å². The summed E-state index contributed by atoms with van der Waals surface area (Å²) in [5, 5.41) is 9.01. The van der Waals surface area contributed by atoms with Crippen LogP contribution in [0.4, 0.5) is 4.39 Å². The molecular formula is C15H18FNO4. The van der Waals surface area contributed by atoms with Gasteiger partial charge in [0.25, 0.3) is 5.91 Å². The first-order valence-electron chi connectivity index (χ1n) is 6.89. The lowest BCUT2D eigenvalue weighted by molar-refractivity contribution is -0.138. The van der Waals surface area contributed by atoms with E-state index >= 15 is 0 Å². The predicted octanol–water partition coefficient (Wildman–Crippen LogP) is 2.30. The van der Waals surface area contributed by atoms with Crippen LogP contribution in [0.2, 0.25) is 0 Å². The van der Waals surface area contributed by atoms with E-state index in [-0.39, 0.29) is 23.9 Å². The second-order valence-electron chi connectivity index (χ2n) is 5.11. The Kier molecular flexibility index (Phi) is 4.77. The zero-order valence-corrected chi connectivity index (χ0v) is 11.8. The summed E-state index contributed by atoms with van der Waals surface area (Å²) in [6.07, 6.45) is 3.58. The highest BCUT2D eigenvalue weighted by molar-refractivity contribution is 5.96. The molecule has 0 bridgehead atoms. The summed E-state index contributed by atoms with van der Waals surface area (Å²) in [5.74, 6) is -2.03. The normalized spacial score (nSPS) is 15.0. The van der Waals surface area contributed by atoms with Crippen LogP contribution in [0.25, 0.3) is 0 Å². The van der Waals surface area contributed by atoms with Crippen molar-refractivity contribution in [2.45, 2.75) is 31.7 Å². The SMILES string of the molecule is COc1cc(C(=O)N(CC(=O)O)C2CCCC2)ccc1F. The van der Waals surface area contributed by atoms with E-state index in [1.165, 1.54) is 24.1 Å². The van der Waals surface area contributed by atoms with Gasteiger partial charge in [-0.05, 0) is 31.0 Å². The molecular weight excluding hydrogens is 277 g/mol. The topological polar surface area (TPSA) is 66.8 Å². The van der Waals surface area contributed by atoms with E-state index in [4.69, 9.17) is 9.84 Å². The molecule has 21 heavy (non-hydrogen) atoms. The number of carboxylic acid groups (broad SMARTS) is 1. The standard InChI is InChI=1S/C15H18FNO4/c1-21-13-8-10(6-7-12(13)16)15(20)17(9-14(18)19)11-4-2-3-5-11/h6-8,11H,2-5,9H2,1H3,(H,18,19). The second-order valence-corrected chi connectivity index (χ2v) is 5.11. The molecule has 0 radical (unpaired) electrons. The lowest BCUT2D eigenvalue weighted by Gasteiger charge is -2.27. The van der Waals surface area contributed by atoms with E-state index in [9.17, 15) is 14.0 Å². The maximum absolute atomic E-state index is 13.4. The molecule has 1 aliphatic rings. The van der Waals surface area contributed by atoms with Crippen LogP contribution in [-0.2, 0) is 4.79 Å². The van der Waals surface area contributed by atoms with Crippen molar-refractivity contribution in [1.82, 2.24) is 4.90 Å². The lowest BCUT2D eigenvalue weighted by atomic mass is 10.1. The van der Waals surface area contributed by atoms with Gasteiger partial charge in [-0.1, -0.05) is 12.8 Å². The van der Waals surface area contributed by atoms with Gasteiger partial charge in [-0.25, -0.2) is 4.39 Å². The largest absolute Gasteiger partial charge is 0.494 e. The molecule has 1 aliphatic carbocycles. The lowest BCUT2D eigenvalue weighted by Crippen LogP contribution is -2.42. The summed E-state index contributed by atoms with van der Waals surface area (Å²) >= 11 is 0. The van der Waals surface area contributed by atoms with E-state index in [1.807, 2.05) is 0 Å². The van der Waals surface area contributed by atoms with E-state index in [0.29, 0.717) is 0 Å². The molecule has 1 aromatic carbocycles. The molecule has 0 aromatic heterocycles. The molecule has 1 fully saturated rings. The minimum atomic E-state index is -1.05. The summed E-state index contributed by atoms with van der Waals surface area (Å²) < 4.78 is 18.3. The van der Waals surface area contributed by atoms with Gasteiger partial charge in [0.15, 0.2) is 11.6 Å². The number of carbonyl (C=O) groups excluding carboxylic acids is 1. The molecule has 0 atom stereocenters. The summed E-state index contributed by atoms with van der Waals surface area (Å²) in [6, 6.07) is 3.75. The molecule has 5 nitrogen and oxygen atoms in total. The number of amides is 1. The molecule has 6 heteroatoms. The highest BCUT2D eigenvalue weighted by Gasteiger charge is 2.29. The molecule has 0 saturated heterocycles. The monoisotopic (exact) mass is 295 g/mol. The van der Waals surface area contributed by atoms with Crippen LogP contribution < -0.4 is 4.74 Å². The maximum Gasteiger partial charge on any atom is 0.323 e. The Hall–Kier alpha value is -2.11. The summed E-state index contributed by atoms with van der Waals surface area (Å²) in [7, 11) is 1.32. The minimum Gasteiger partial charge on any atom is -0.494 e. The third kappa shape index (κ3) is 3.51. The zero-order chi connectivity index (χ0) is 15.4. The van der Waals surface area contributed by atoms with Crippen LogP contribution in [0.3, 0.4) is 0 Å². The van der Waals surface area contributed by atoms with E-state index in [0.717, 1.165) is 31.7 Å². The van der Waals surface area contributed by atoms with Crippen molar-refractivity contribution in [2.75, 3.05) is 13.7 Å². The highest BCUT2D eigenvalue weighted by atomic mass is 19.1. The number of carboxylic acids is 1. The van der Waals surface area contributed by atoms with E-state index < -0.39 is 17.7 Å². The first kappa shape index (κ1) is 15.3. The van der Waals surface area contributed by atoms with Gasteiger partial charge < -0.3 is 14.7 Å². The average molecular weight is 295 g/mol. The fourth-order valence-corrected chi connectivity index (χ4v) is 2.69. The highest BCUT2D eigenvalue weighted by Crippen LogP contribution is 2.26. The van der Waals surface area contributed by atoms with Crippen molar-refractivity contribution >= 4 is 11.9 Å². The van der Waals surface area contributed by atoms with Gasteiger partial charge in [-0.15, -0.1) is 0 Å². The fraction of sp³-hybridized carbons (Fsp3) is 0.467. The van der Waals surface area contributed by atoms with Gasteiger partial charge in [0, 0.05) is 11.6 Å². The fourth-order valence-electron chi connectivity index (χ4n) is 2.69. The molecule has 1 aromatic rings. The molecule has 2 rings (SSSR count). The summed E-state index contributed by atoms with van der Waals surface area (Å²) in [6.45, 7) is -0.344. The zero-order valence-electron chi connectivity index (χ0n) is 11.8. The van der Waals surface area contributed by atoms with Crippen LogP contribution in [0.15, 0.2) is 18.2 Å². The van der Waals surface area contributed by atoms with Crippen molar-refractivity contribution in [3.8, 4) is 5.75 Å². The van der Waals surface area contributed by atoms with Crippen LogP contribution in [-0.4, -0.2) is 41.6 Å². The molecule has 1 N–H and O–H groups in total. The number of rotatable bonds is 5. The Morgan fingerprint density at radius 1 is 1.38 bits per heavy atom. The summed E-state index contributed by atoms with van der Waals surface area (Å²) in [4.78, 5) is 24.9. The first-order chi connectivity index (χ1) is 10.0. The number of halogens is 1. The minimum absolute atomic E-state index is 0.0254. The number of nitrogens with zero attached hydrogens (tertiary/aromatic N) is 1. The Morgan fingerprint density at radius 2 is 2.05 bits per heavy atom. The second kappa shape index (κ2) is 6.56. The third-order valence-corrected chi connectivity index (χ3v) is 3.73. The Morgan fingerprint density at radius 3 is 2.62 bits per heavy atom. The van der Waals surface area contributed by atoms with Crippen molar-refractivity contribution in [3.05, 3.63) is 29.6 Å². The van der Waals surface area contributed by atoms with Crippen molar-refractivity contribution in [3.63, 3.8) is 0 Å². The Bertz CT molecular complexity index is 540. The molecule has 1 saturated carbocycles. The van der Waals surface area contributed by atoms with Gasteiger partial charge in [0.2, 0.25) is 0 Å². The van der Waals surface area contributed by atoms with Crippen molar-refractivity contribution < 1.29 is 23.8 Å². The molecule has 114 valence electrons. The van der Waals surface area contributed by atoms with Gasteiger partial charge in [0.05, 0.1) is 7.11 Å². The van der Waals surface area contributed by atoms with Gasteiger partial charge in [-0.2, -0.15) is 0 Å². The number of benzene rings is 1. The number of ether oxygens (including phenoxy) is 1. The average Bonchev–Trinajstić information content (AvgIpc) is 2.98. The smallest absolute Gasteiger partial charge is 0.323 e. The van der Waals surface area contributed by atoms with Crippen molar-refractivity contribution in [2.24, 2.45) is 0 Å². The summed E-state index contributed by atoms with van der Waals surface area (Å²) in [5.41, 5.74) is 0.237. The van der Waals surface area contributed by atoms with Crippen LogP contribution in [0.5, 0.6) is 5.75 Å². The molecule has 0 spiro atoms. The van der Waals surface area contributed by atoms with E-state index in [1.54, 1.807) is 0 Å². The molecule has 0 aliphatic heterocycles. The third-order valence-electron chi connectivity index (χ3n) is 3.73. The number of hydrogen-bond acceptors (Lipinski definition) is 3. The molecule has 0 unspecified atom stereocenters. The predicted molar refractivity (Wildman–Crippen MR) is 73.9 cm³/mol. The molecule has 0 heterocycles. The number of carbonyl (C=O) groups is 2. The number of aliphatic carboxylic acids is 1. The number of hydrogen-bond donors (Lipinski definition) is 1. The quantitative estimate of drug-likeness (QED) is 0.905. The van der Waals surface area contributed by atoms with Gasteiger partial charge in [-0.3, -0.25) is 9.59 Å². The van der Waals surface area contributed by atoms with Crippen molar-refractivity contribution in [1.29, 1.82) is 0 Å². The maximum atomic E-state index is 13.4. The Labute approximate surface area is 122 Å².